The zero-order valence-corrected chi connectivity index (χ0v) is 23.2. The molecule has 0 aliphatic carbocycles. The van der Waals surface area contributed by atoms with Gasteiger partial charge in [0.05, 0.1) is 17.2 Å². The lowest BCUT2D eigenvalue weighted by Gasteiger charge is -2.36. The number of nitrogens with zero attached hydrogens (tertiary/aromatic N) is 3. The van der Waals surface area contributed by atoms with Crippen LogP contribution in [-0.2, 0) is 21.4 Å². The number of ether oxygens (including phenoxy) is 3. The average Bonchev–Trinajstić information content (AvgIpc) is 3.41. The van der Waals surface area contributed by atoms with Gasteiger partial charge in [-0.1, -0.05) is 17.7 Å². The fourth-order valence-corrected chi connectivity index (χ4v) is 6.14. The summed E-state index contributed by atoms with van der Waals surface area (Å²) >= 11 is 5.98. The van der Waals surface area contributed by atoms with Gasteiger partial charge in [0.2, 0.25) is 12.7 Å². The SMILES string of the molecule is CCOc1ccc(N(CC(=O)N2CCN(Cc3ccc4c(c3)OCO4)CC2)S(=O)(=O)c2ccc(Cl)cc2)cc1. The number of rotatable bonds is 9. The van der Waals surface area contributed by atoms with E-state index in [0.717, 1.165) is 27.9 Å². The highest BCUT2D eigenvalue weighted by molar-refractivity contribution is 7.92. The molecule has 2 aliphatic rings. The minimum absolute atomic E-state index is 0.0575. The molecular formula is C28H30ClN3O6S. The molecule has 0 aromatic heterocycles. The topological polar surface area (TPSA) is 88.6 Å². The Bertz CT molecular complexity index is 1410. The van der Waals surface area contributed by atoms with Crippen molar-refractivity contribution in [1.82, 2.24) is 9.80 Å². The molecule has 9 nitrogen and oxygen atoms in total. The lowest BCUT2D eigenvalue weighted by Crippen LogP contribution is -2.51. The van der Waals surface area contributed by atoms with E-state index in [2.05, 4.69) is 4.90 Å². The minimum Gasteiger partial charge on any atom is -0.494 e. The molecule has 1 saturated heterocycles. The van der Waals surface area contributed by atoms with Gasteiger partial charge in [0.1, 0.15) is 12.3 Å². The molecule has 206 valence electrons. The fraction of sp³-hybridized carbons (Fsp3) is 0.321. The maximum Gasteiger partial charge on any atom is 0.264 e. The van der Waals surface area contributed by atoms with Gasteiger partial charge in [-0.25, -0.2) is 8.42 Å². The lowest BCUT2D eigenvalue weighted by atomic mass is 10.1. The molecule has 5 rings (SSSR count). The summed E-state index contributed by atoms with van der Waals surface area (Å²) in [5.74, 6) is 1.86. The van der Waals surface area contributed by atoms with Crippen molar-refractivity contribution >= 4 is 33.2 Å². The third-order valence-electron chi connectivity index (χ3n) is 6.68. The molecule has 2 aliphatic heterocycles. The Morgan fingerprint density at radius 3 is 2.33 bits per heavy atom. The number of benzene rings is 3. The summed E-state index contributed by atoms with van der Waals surface area (Å²) in [4.78, 5) is 17.4. The molecular weight excluding hydrogens is 542 g/mol. The first kappa shape index (κ1) is 27.1. The summed E-state index contributed by atoms with van der Waals surface area (Å²) in [6.45, 7) is 5.36. The highest BCUT2D eigenvalue weighted by Crippen LogP contribution is 2.33. The average molecular weight is 572 g/mol. The fourth-order valence-electron chi connectivity index (χ4n) is 4.60. The Labute approximate surface area is 233 Å². The number of amides is 1. The number of fused-ring (bicyclic) bond motifs is 1. The van der Waals surface area contributed by atoms with Gasteiger partial charge in [-0.3, -0.25) is 14.0 Å². The number of anilines is 1. The van der Waals surface area contributed by atoms with Crippen molar-refractivity contribution in [2.45, 2.75) is 18.4 Å². The van der Waals surface area contributed by atoms with Crippen LogP contribution in [0.15, 0.2) is 71.6 Å². The summed E-state index contributed by atoms with van der Waals surface area (Å²) < 4.78 is 44.8. The molecule has 0 saturated carbocycles. The van der Waals surface area contributed by atoms with Crippen LogP contribution < -0.4 is 18.5 Å². The Hall–Kier alpha value is -3.47. The van der Waals surface area contributed by atoms with Crippen molar-refractivity contribution in [3.05, 3.63) is 77.3 Å². The molecule has 0 N–H and O–H groups in total. The van der Waals surface area contributed by atoms with Crippen LogP contribution in [0.5, 0.6) is 17.2 Å². The van der Waals surface area contributed by atoms with Gasteiger partial charge in [-0.05, 0) is 73.2 Å². The Morgan fingerprint density at radius 2 is 1.64 bits per heavy atom. The van der Waals surface area contributed by atoms with Crippen LogP contribution in [0.4, 0.5) is 5.69 Å². The van der Waals surface area contributed by atoms with E-state index in [4.69, 9.17) is 25.8 Å². The normalized spacial score (nSPS) is 15.3. The highest BCUT2D eigenvalue weighted by atomic mass is 35.5. The molecule has 39 heavy (non-hydrogen) atoms. The summed E-state index contributed by atoms with van der Waals surface area (Å²) in [5.41, 5.74) is 1.48. The van der Waals surface area contributed by atoms with Crippen molar-refractivity contribution in [1.29, 1.82) is 0 Å². The molecule has 1 fully saturated rings. The summed E-state index contributed by atoms with van der Waals surface area (Å²) in [6, 6.07) is 18.5. The third kappa shape index (κ3) is 6.24. The van der Waals surface area contributed by atoms with Crippen molar-refractivity contribution in [2.75, 3.05) is 50.4 Å². The molecule has 0 unspecified atom stereocenters. The molecule has 11 heteroatoms. The number of halogens is 1. The monoisotopic (exact) mass is 571 g/mol. The van der Waals surface area contributed by atoms with Crippen LogP contribution in [0.3, 0.4) is 0 Å². The van der Waals surface area contributed by atoms with Gasteiger partial charge in [0.25, 0.3) is 10.0 Å². The number of carbonyl (C=O) groups is 1. The van der Waals surface area contributed by atoms with Gasteiger partial charge >= 0.3 is 0 Å². The van der Waals surface area contributed by atoms with Gasteiger partial charge in [-0.2, -0.15) is 0 Å². The summed E-state index contributed by atoms with van der Waals surface area (Å²) in [6.07, 6.45) is 0. The molecule has 0 radical (unpaired) electrons. The predicted octanol–water partition coefficient (Wildman–Crippen LogP) is 4.01. The van der Waals surface area contributed by atoms with E-state index in [1.165, 1.54) is 24.3 Å². The van der Waals surface area contributed by atoms with Crippen LogP contribution in [0.1, 0.15) is 12.5 Å². The minimum atomic E-state index is -4.03. The number of hydrogen-bond acceptors (Lipinski definition) is 7. The molecule has 0 bridgehead atoms. The van der Waals surface area contributed by atoms with E-state index >= 15 is 0 Å². The maximum absolute atomic E-state index is 13.7. The molecule has 3 aromatic carbocycles. The smallest absolute Gasteiger partial charge is 0.264 e. The van der Waals surface area contributed by atoms with Crippen LogP contribution in [0, 0.1) is 0 Å². The first-order valence-electron chi connectivity index (χ1n) is 12.7. The van der Waals surface area contributed by atoms with Crippen molar-refractivity contribution in [2.24, 2.45) is 0 Å². The zero-order chi connectivity index (χ0) is 27.4. The second kappa shape index (κ2) is 11.7. The van der Waals surface area contributed by atoms with Gasteiger partial charge in [0.15, 0.2) is 11.5 Å². The highest BCUT2D eigenvalue weighted by Gasteiger charge is 2.30. The predicted molar refractivity (Wildman–Crippen MR) is 148 cm³/mol. The van der Waals surface area contributed by atoms with E-state index in [9.17, 15) is 13.2 Å². The summed E-state index contributed by atoms with van der Waals surface area (Å²) in [5, 5.41) is 0.427. The van der Waals surface area contributed by atoms with Gasteiger partial charge < -0.3 is 19.1 Å². The van der Waals surface area contributed by atoms with Crippen molar-refractivity contribution in [3.63, 3.8) is 0 Å². The Kier molecular flexibility index (Phi) is 8.15. The van der Waals surface area contributed by atoms with E-state index in [1.54, 1.807) is 29.2 Å². The second-order valence-corrected chi connectivity index (χ2v) is 11.5. The lowest BCUT2D eigenvalue weighted by molar-refractivity contribution is -0.131. The number of sulfonamides is 1. The van der Waals surface area contributed by atoms with E-state index in [1.807, 2.05) is 25.1 Å². The first-order chi connectivity index (χ1) is 18.8. The molecule has 1 amide bonds. The van der Waals surface area contributed by atoms with Crippen molar-refractivity contribution < 1.29 is 27.4 Å². The third-order valence-corrected chi connectivity index (χ3v) is 8.72. The zero-order valence-electron chi connectivity index (χ0n) is 21.6. The van der Waals surface area contributed by atoms with Gasteiger partial charge in [0, 0.05) is 37.7 Å². The second-order valence-electron chi connectivity index (χ2n) is 9.24. The van der Waals surface area contributed by atoms with Crippen LogP contribution in [0.25, 0.3) is 0 Å². The Morgan fingerprint density at radius 1 is 0.949 bits per heavy atom. The van der Waals surface area contributed by atoms with E-state index < -0.39 is 10.0 Å². The standard InChI is InChI=1S/C28H30ClN3O6S/c1-2-36-24-8-6-23(7-9-24)32(39(34,35)25-10-4-22(29)5-11-25)19-28(33)31-15-13-30(14-16-31)18-21-3-12-26-27(17-21)38-20-37-26/h3-12,17H,2,13-16,18-20H2,1H3. The number of carbonyl (C=O) groups excluding carboxylic acids is 1. The molecule has 0 spiro atoms. The molecule has 0 atom stereocenters. The van der Waals surface area contributed by atoms with Crippen LogP contribution in [0.2, 0.25) is 5.02 Å². The Balaban J connectivity index is 1.28. The maximum atomic E-state index is 13.7. The quantitative estimate of drug-likeness (QED) is 0.383. The first-order valence-corrected chi connectivity index (χ1v) is 14.5. The van der Waals surface area contributed by atoms with E-state index in [0.29, 0.717) is 49.2 Å². The van der Waals surface area contributed by atoms with Crippen LogP contribution in [-0.4, -0.2) is 70.2 Å². The number of piperazine rings is 1. The molecule has 2 heterocycles. The molecule has 3 aromatic rings. The number of hydrogen-bond donors (Lipinski definition) is 0. The van der Waals surface area contributed by atoms with Gasteiger partial charge in [-0.15, -0.1) is 0 Å². The van der Waals surface area contributed by atoms with Crippen molar-refractivity contribution in [3.8, 4) is 17.2 Å². The van der Waals surface area contributed by atoms with Crippen LogP contribution >= 0.6 is 11.6 Å². The summed E-state index contributed by atoms with van der Waals surface area (Å²) in [7, 11) is -4.03. The van der Waals surface area contributed by atoms with E-state index in [-0.39, 0.29) is 24.1 Å². The largest absolute Gasteiger partial charge is 0.494 e.